The summed E-state index contributed by atoms with van der Waals surface area (Å²) in [5.41, 5.74) is 2.61. The predicted octanol–water partition coefficient (Wildman–Crippen LogP) is 0.553. The third kappa shape index (κ3) is 5.77. The van der Waals surface area contributed by atoms with Crippen LogP contribution in [0.25, 0.3) is 5.32 Å². The number of likely N-dealkylation sites (N-methyl/N-ethyl adjacent to an activating group) is 1. The third-order valence-corrected chi connectivity index (χ3v) is 4.55. The van der Waals surface area contributed by atoms with Gasteiger partial charge in [0, 0.05) is 26.2 Å². The van der Waals surface area contributed by atoms with Crippen LogP contribution >= 0.6 is 0 Å². The van der Waals surface area contributed by atoms with Crippen LogP contribution < -0.4 is 18.9 Å². The van der Waals surface area contributed by atoms with E-state index < -0.39 is 0 Å². The average molecular weight is 315 g/mol. The quantitative estimate of drug-likeness (QED) is 0.726. The van der Waals surface area contributed by atoms with Gasteiger partial charge in [-0.15, -0.1) is 6.54 Å². The van der Waals surface area contributed by atoms with E-state index >= 15 is 0 Å². The fourth-order valence-electron chi connectivity index (χ4n) is 3.02. The molecule has 4 heteroatoms. The summed E-state index contributed by atoms with van der Waals surface area (Å²) in [5.74, 6) is 0. The predicted molar refractivity (Wildman–Crippen MR) is 96.6 cm³/mol. The minimum absolute atomic E-state index is 0. The van der Waals surface area contributed by atoms with Gasteiger partial charge in [-0.3, -0.25) is 0 Å². The molecule has 3 nitrogen and oxygen atoms in total. The van der Waals surface area contributed by atoms with Crippen LogP contribution in [0.2, 0.25) is 0 Å². The summed E-state index contributed by atoms with van der Waals surface area (Å²) < 4.78 is 0. The van der Waals surface area contributed by atoms with Gasteiger partial charge in [-0.2, -0.15) is 0 Å². The molecule has 2 aromatic carbocycles. The van der Waals surface area contributed by atoms with Gasteiger partial charge in [0.25, 0.3) is 0 Å². The maximum atomic E-state index is 5.02. The molecule has 1 aliphatic heterocycles. The Morgan fingerprint density at radius 1 is 0.875 bits per heavy atom. The van der Waals surface area contributed by atoms with Gasteiger partial charge >= 0.3 is 18.9 Å². The minimum atomic E-state index is 0. The Hall–Kier alpha value is -1.08. The number of hydrogen-bond donors (Lipinski definition) is 0. The van der Waals surface area contributed by atoms with Gasteiger partial charge < -0.3 is 15.1 Å². The van der Waals surface area contributed by atoms with Crippen molar-refractivity contribution in [2.24, 2.45) is 0 Å². The van der Waals surface area contributed by atoms with Crippen LogP contribution in [0.4, 0.5) is 0 Å². The van der Waals surface area contributed by atoms with Gasteiger partial charge in [0.1, 0.15) is 0 Å². The van der Waals surface area contributed by atoms with Gasteiger partial charge in [0.2, 0.25) is 0 Å². The Balaban J connectivity index is 0.00000208. The van der Waals surface area contributed by atoms with E-state index in [4.69, 9.17) is 5.32 Å². The van der Waals surface area contributed by atoms with E-state index in [2.05, 4.69) is 77.5 Å². The molecule has 1 atom stereocenters. The van der Waals surface area contributed by atoms with Gasteiger partial charge in [-0.1, -0.05) is 77.8 Å². The molecule has 2 aromatic rings. The van der Waals surface area contributed by atoms with E-state index in [1.54, 1.807) is 0 Å². The number of rotatable bonds is 6. The molecule has 0 unspecified atom stereocenters. The number of hydrogen-bond acceptors (Lipinski definition) is 2. The molecule has 1 fully saturated rings. The molecule has 3 rings (SSSR count). The van der Waals surface area contributed by atoms with Crippen molar-refractivity contribution in [3.05, 3.63) is 77.1 Å². The fourth-order valence-corrected chi connectivity index (χ4v) is 3.02. The summed E-state index contributed by atoms with van der Waals surface area (Å²) in [6, 6.07) is 21.5. The first-order chi connectivity index (χ1) is 11.3. The summed E-state index contributed by atoms with van der Waals surface area (Å²) in [6.45, 7) is 6.39. The van der Waals surface area contributed by atoms with Crippen molar-refractivity contribution in [3.8, 4) is 0 Å². The Kier molecular flexibility index (Phi) is 8.04. The van der Waals surface area contributed by atoms with Crippen LogP contribution in [0.1, 0.15) is 17.2 Å². The Bertz CT molecular complexity index is 568. The Morgan fingerprint density at radius 3 is 2.08 bits per heavy atom. The van der Waals surface area contributed by atoms with Crippen LogP contribution in [-0.2, 0) is 6.54 Å². The molecule has 0 amide bonds. The van der Waals surface area contributed by atoms with Crippen LogP contribution in [-0.4, -0.2) is 49.6 Å². The Labute approximate surface area is 158 Å². The molecule has 24 heavy (non-hydrogen) atoms. The topological polar surface area (TPSA) is 20.6 Å². The first-order valence-corrected chi connectivity index (χ1v) is 8.47. The van der Waals surface area contributed by atoms with Crippen LogP contribution in [0.3, 0.4) is 0 Å². The van der Waals surface area contributed by atoms with Crippen molar-refractivity contribution in [1.29, 1.82) is 0 Å². The standard InChI is InChI=1S/C20H26N3.Li/c1-22-12-14-23(15-13-22)17-20(19-10-6-3-7-11-19)21-16-18-8-4-2-5-9-18;/h2-11,20H,12-17H2,1H3;/q-1;+1/t20-;/m1./s1. The largest absolute Gasteiger partial charge is 1.00 e. The smallest absolute Gasteiger partial charge is 0.651 e. The van der Waals surface area contributed by atoms with Crippen LogP contribution in [0, 0.1) is 0 Å². The van der Waals surface area contributed by atoms with Crippen molar-refractivity contribution >= 4 is 0 Å². The normalized spacial score (nSPS) is 17.2. The van der Waals surface area contributed by atoms with Gasteiger partial charge in [0.15, 0.2) is 0 Å². The van der Waals surface area contributed by atoms with Crippen LogP contribution in [0.15, 0.2) is 60.7 Å². The van der Waals surface area contributed by atoms with E-state index in [1.165, 1.54) is 11.1 Å². The summed E-state index contributed by atoms with van der Waals surface area (Å²) in [5, 5.41) is 5.02. The molecule has 0 aromatic heterocycles. The van der Waals surface area contributed by atoms with Crippen molar-refractivity contribution in [2.45, 2.75) is 12.6 Å². The zero-order valence-corrected chi connectivity index (χ0v) is 14.9. The van der Waals surface area contributed by atoms with E-state index in [9.17, 15) is 0 Å². The number of benzene rings is 2. The number of piperazine rings is 1. The molecule has 0 bridgehead atoms. The first-order valence-electron chi connectivity index (χ1n) is 8.47. The van der Waals surface area contributed by atoms with Crippen LogP contribution in [0.5, 0.6) is 0 Å². The van der Waals surface area contributed by atoms with Crippen molar-refractivity contribution in [1.82, 2.24) is 9.80 Å². The van der Waals surface area contributed by atoms with E-state index in [0.29, 0.717) is 0 Å². The third-order valence-electron chi connectivity index (χ3n) is 4.55. The average Bonchev–Trinajstić information content (AvgIpc) is 2.62. The molecule has 1 saturated heterocycles. The zero-order chi connectivity index (χ0) is 15.9. The summed E-state index contributed by atoms with van der Waals surface area (Å²) in [6.07, 6.45) is 0. The summed E-state index contributed by atoms with van der Waals surface area (Å²) >= 11 is 0. The van der Waals surface area contributed by atoms with Gasteiger partial charge in [0.05, 0.1) is 0 Å². The Morgan fingerprint density at radius 2 is 1.46 bits per heavy atom. The van der Waals surface area contributed by atoms with E-state index in [-0.39, 0.29) is 24.9 Å². The molecule has 1 heterocycles. The molecule has 1 aliphatic rings. The van der Waals surface area contributed by atoms with E-state index in [0.717, 1.165) is 39.3 Å². The molecule has 0 radical (unpaired) electrons. The second kappa shape index (κ2) is 10.0. The fraction of sp³-hybridized carbons (Fsp3) is 0.400. The molecular formula is C20H26LiN3. The first kappa shape index (κ1) is 19.2. The van der Waals surface area contributed by atoms with E-state index in [1.807, 2.05) is 0 Å². The van der Waals surface area contributed by atoms with Crippen molar-refractivity contribution in [2.75, 3.05) is 39.8 Å². The molecular weight excluding hydrogens is 289 g/mol. The maximum absolute atomic E-state index is 5.02. The van der Waals surface area contributed by atoms with Crippen molar-refractivity contribution < 1.29 is 18.9 Å². The molecule has 0 N–H and O–H groups in total. The zero-order valence-electron chi connectivity index (χ0n) is 14.9. The maximum Gasteiger partial charge on any atom is 1.00 e. The second-order valence-corrected chi connectivity index (χ2v) is 6.36. The summed E-state index contributed by atoms with van der Waals surface area (Å²) in [4.78, 5) is 4.95. The SMILES string of the molecule is CN1CCN(C[C@@H]([N-]Cc2ccccc2)c2ccccc2)CC1.[Li+]. The second-order valence-electron chi connectivity index (χ2n) is 6.36. The summed E-state index contributed by atoms with van der Waals surface area (Å²) in [7, 11) is 2.20. The molecule has 0 spiro atoms. The van der Waals surface area contributed by atoms with Crippen molar-refractivity contribution in [3.63, 3.8) is 0 Å². The molecule has 0 saturated carbocycles. The van der Waals surface area contributed by atoms with Gasteiger partial charge in [-0.05, 0) is 13.6 Å². The minimum Gasteiger partial charge on any atom is -0.651 e. The monoisotopic (exact) mass is 315 g/mol. The number of nitrogens with zero attached hydrogens (tertiary/aromatic N) is 3. The molecule has 0 aliphatic carbocycles. The van der Waals surface area contributed by atoms with Gasteiger partial charge in [-0.25, -0.2) is 0 Å². The molecule has 122 valence electrons.